The Morgan fingerprint density at radius 2 is 2.18 bits per heavy atom. The Kier molecular flexibility index (Phi) is 5.02. The van der Waals surface area contributed by atoms with Gasteiger partial charge >= 0.3 is 5.97 Å². The molecule has 0 saturated carbocycles. The van der Waals surface area contributed by atoms with E-state index in [1.54, 1.807) is 6.92 Å². The monoisotopic (exact) mass is 308 g/mol. The van der Waals surface area contributed by atoms with Crippen LogP contribution in [0.4, 0.5) is 8.78 Å². The molecule has 0 spiro atoms. The Morgan fingerprint density at radius 1 is 1.53 bits per heavy atom. The molecule has 0 amide bonds. The van der Waals surface area contributed by atoms with Crippen LogP contribution >= 0.6 is 15.9 Å². The second-order valence-corrected chi connectivity index (χ2v) is 4.14. The van der Waals surface area contributed by atoms with E-state index in [0.29, 0.717) is 0 Å². The van der Waals surface area contributed by atoms with Crippen molar-refractivity contribution in [1.82, 2.24) is 0 Å². The van der Waals surface area contributed by atoms with Crippen molar-refractivity contribution in [3.63, 3.8) is 0 Å². The largest absolute Gasteiger partial charge is 0.466 e. The highest BCUT2D eigenvalue weighted by molar-refractivity contribution is 9.10. The summed E-state index contributed by atoms with van der Waals surface area (Å²) >= 11 is 2.99. The molecule has 0 aromatic heterocycles. The minimum atomic E-state index is -1.45. The Hall–Kier alpha value is -1.01. The predicted octanol–water partition coefficient (Wildman–Crippen LogP) is 2.71. The van der Waals surface area contributed by atoms with Gasteiger partial charge in [0.05, 0.1) is 19.1 Å². The maximum Gasteiger partial charge on any atom is 0.308 e. The number of halogens is 3. The fourth-order valence-corrected chi connectivity index (χ4v) is 1.90. The van der Waals surface area contributed by atoms with Gasteiger partial charge in [0.25, 0.3) is 0 Å². The number of hydrogen-bond acceptors (Lipinski definition) is 3. The molecule has 1 unspecified atom stereocenters. The van der Waals surface area contributed by atoms with Crippen molar-refractivity contribution in [3.05, 3.63) is 33.8 Å². The second kappa shape index (κ2) is 6.07. The molecule has 3 nitrogen and oxygen atoms in total. The van der Waals surface area contributed by atoms with Gasteiger partial charge in [0.2, 0.25) is 0 Å². The van der Waals surface area contributed by atoms with E-state index in [4.69, 9.17) is 0 Å². The van der Waals surface area contributed by atoms with Crippen molar-refractivity contribution in [1.29, 1.82) is 0 Å². The fourth-order valence-electron chi connectivity index (χ4n) is 1.33. The number of carbonyl (C=O) groups excluding carboxylic acids is 1. The average molecular weight is 309 g/mol. The van der Waals surface area contributed by atoms with Crippen molar-refractivity contribution in [2.75, 3.05) is 6.61 Å². The lowest BCUT2D eigenvalue weighted by atomic mass is 10.1. The first-order chi connectivity index (χ1) is 7.97. The molecule has 0 bridgehead atoms. The third kappa shape index (κ3) is 3.47. The first-order valence-corrected chi connectivity index (χ1v) is 5.73. The first-order valence-electron chi connectivity index (χ1n) is 4.94. The van der Waals surface area contributed by atoms with Crippen molar-refractivity contribution in [3.8, 4) is 0 Å². The van der Waals surface area contributed by atoms with Gasteiger partial charge in [-0.05, 0) is 19.1 Å². The van der Waals surface area contributed by atoms with Crippen molar-refractivity contribution >= 4 is 21.9 Å². The maximum atomic E-state index is 13.4. The van der Waals surface area contributed by atoms with E-state index in [1.165, 1.54) is 6.07 Å². The number of esters is 1. The maximum absolute atomic E-state index is 13.4. The molecule has 0 aliphatic carbocycles. The molecule has 1 rings (SSSR count). The van der Waals surface area contributed by atoms with Crippen LogP contribution in [0.3, 0.4) is 0 Å². The van der Waals surface area contributed by atoms with E-state index < -0.39 is 30.1 Å². The summed E-state index contributed by atoms with van der Waals surface area (Å²) in [5.41, 5.74) is -0.280. The van der Waals surface area contributed by atoms with Gasteiger partial charge < -0.3 is 9.84 Å². The van der Waals surface area contributed by atoms with Gasteiger partial charge in [0.1, 0.15) is 0 Å². The second-order valence-electron chi connectivity index (χ2n) is 3.28. The lowest BCUT2D eigenvalue weighted by Crippen LogP contribution is -2.12. The lowest BCUT2D eigenvalue weighted by molar-refractivity contribution is -0.145. The summed E-state index contributed by atoms with van der Waals surface area (Å²) in [6.07, 6.45) is -1.87. The molecule has 0 aliphatic rings. The minimum absolute atomic E-state index is 0.165. The highest BCUT2D eigenvalue weighted by Gasteiger charge is 2.22. The Labute approximate surface area is 106 Å². The van der Waals surface area contributed by atoms with Crippen molar-refractivity contribution in [2.24, 2.45) is 0 Å². The zero-order valence-electron chi connectivity index (χ0n) is 9.04. The van der Waals surface area contributed by atoms with Gasteiger partial charge in [0.15, 0.2) is 11.6 Å². The van der Waals surface area contributed by atoms with Crippen molar-refractivity contribution < 1.29 is 23.4 Å². The van der Waals surface area contributed by atoms with Crippen LogP contribution in [0.2, 0.25) is 0 Å². The number of rotatable bonds is 4. The predicted molar refractivity (Wildman–Crippen MR) is 60.3 cm³/mol. The van der Waals surface area contributed by atoms with E-state index in [-0.39, 0.29) is 16.6 Å². The molecular weight excluding hydrogens is 298 g/mol. The third-order valence-corrected chi connectivity index (χ3v) is 2.77. The van der Waals surface area contributed by atoms with E-state index in [2.05, 4.69) is 20.7 Å². The summed E-state index contributed by atoms with van der Waals surface area (Å²) < 4.78 is 31.2. The number of hydrogen-bond donors (Lipinski definition) is 1. The van der Waals surface area contributed by atoms with Gasteiger partial charge in [-0.1, -0.05) is 15.9 Å². The lowest BCUT2D eigenvalue weighted by Gasteiger charge is -2.13. The van der Waals surface area contributed by atoms with E-state index in [9.17, 15) is 18.7 Å². The molecule has 0 saturated heterocycles. The van der Waals surface area contributed by atoms with E-state index in [0.717, 1.165) is 6.07 Å². The molecule has 6 heteroatoms. The summed E-state index contributed by atoms with van der Waals surface area (Å²) in [6, 6.07) is 2.20. The molecule has 1 atom stereocenters. The van der Waals surface area contributed by atoms with Gasteiger partial charge in [-0.3, -0.25) is 4.79 Å². The van der Waals surface area contributed by atoms with Crippen LogP contribution in [-0.2, 0) is 9.53 Å². The highest BCUT2D eigenvalue weighted by atomic mass is 79.9. The van der Waals surface area contributed by atoms with Crippen LogP contribution in [0.5, 0.6) is 0 Å². The number of aliphatic hydroxyl groups is 1. The molecule has 1 aromatic carbocycles. The molecule has 1 N–H and O–H groups in total. The number of ether oxygens (including phenoxy) is 1. The Bertz CT molecular complexity index is 423. The molecule has 1 aromatic rings. The van der Waals surface area contributed by atoms with Crippen LogP contribution in [0.15, 0.2) is 16.6 Å². The number of carbonyl (C=O) groups is 1. The minimum Gasteiger partial charge on any atom is -0.466 e. The Morgan fingerprint density at radius 3 is 2.76 bits per heavy atom. The van der Waals surface area contributed by atoms with Crippen LogP contribution in [0, 0.1) is 11.6 Å². The smallest absolute Gasteiger partial charge is 0.308 e. The van der Waals surface area contributed by atoms with Crippen molar-refractivity contribution in [2.45, 2.75) is 19.4 Å². The molecule has 0 aliphatic heterocycles. The van der Waals surface area contributed by atoms with E-state index in [1.807, 2.05) is 0 Å². The van der Waals surface area contributed by atoms with Crippen LogP contribution in [0.1, 0.15) is 25.0 Å². The van der Waals surface area contributed by atoms with Gasteiger partial charge in [0, 0.05) is 10.0 Å². The molecular formula is C11H11BrF2O3. The number of aliphatic hydroxyl groups excluding tert-OH is 1. The quantitative estimate of drug-likeness (QED) is 0.687. The molecule has 0 heterocycles. The molecule has 94 valence electrons. The van der Waals surface area contributed by atoms with Gasteiger partial charge in [-0.25, -0.2) is 8.78 Å². The first kappa shape index (κ1) is 14.1. The SMILES string of the molecule is CCOC(=O)CC(O)c1c(Br)ccc(F)c1F. The highest BCUT2D eigenvalue weighted by Crippen LogP contribution is 2.29. The van der Waals surface area contributed by atoms with Gasteiger partial charge in [-0.15, -0.1) is 0 Å². The van der Waals surface area contributed by atoms with Crippen LogP contribution in [0.25, 0.3) is 0 Å². The number of benzene rings is 1. The normalized spacial score (nSPS) is 12.3. The summed E-state index contributed by atoms with van der Waals surface area (Å²) in [5.74, 6) is -2.92. The van der Waals surface area contributed by atoms with E-state index >= 15 is 0 Å². The zero-order chi connectivity index (χ0) is 13.0. The molecule has 0 radical (unpaired) electrons. The summed E-state index contributed by atoms with van der Waals surface area (Å²) in [5, 5.41) is 9.67. The van der Waals surface area contributed by atoms with Gasteiger partial charge in [-0.2, -0.15) is 0 Å². The molecule has 0 fully saturated rings. The fraction of sp³-hybridized carbons (Fsp3) is 0.364. The molecule has 17 heavy (non-hydrogen) atoms. The standard InChI is InChI=1S/C11H11BrF2O3/c1-2-17-9(16)5-8(15)10-6(12)3-4-7(13)11(10)14/h3-4,8,15H,2,5H2,1H3. The van der Waals surface area contributed by atoms with Crippen LogP contribution < -0.4 is 0 Å². The zero-order valence-corrected chi connectivity index (χ0v) is 10.6. The summed E-state index contributed by atoms with van der Waals surface area (Å²) in [6.45, 7) is 1.78. The summed E-state index contributed by atoms with van der Waals surface area (Å²) in [7, 11) is 0. The average Bonchev–Trinajstić information content (AvgIpc) is 2.24. The Balaban J connectivity index is 2.92. The van der Waals surface area contributed by atoms with Crippen LogP contribution in [-0.4, -0.2) is 17.7 Å². The summed E-state index contributed by atoms with van der Waals surface area (Å²) in [4.78, 5) is 11.1. The third-order valence-electron chi connectivity index (χ3n) is 2.08. The topological polar surface area (TPSA) is 46.5 Å².